The summed E-state index contributed by atoms with van der Waals surface area (Å²) in [6.07, 6.45) is 4.33. The highest BCUT2D eigenvalue weighted by molar-refractivity contribution is 5.91. The standard InChI is InChI=1S/C23H24F3N5O/c1-30-13-19(12-28-30)21-6-8-27-11-17(21)3-5-22(32)29-20-4-2-18-14-31(15-23(24,25)26)9-7-16(18)10-20/h2,4,6,8,10-13H,3,5,7,9,14-15H2,1H3,(H,29,32). The molecule has 2 aromatic heterocycles. The van der Waals surface area contributed by atoms with Gasteiger partial charge < -0.3 is 5.32 Å². The number of benzene rings is 1. The average Bonchev–Trinajstić information content (AvgIpc) is 3.17. The minimum absolute atomic E-state index is 0.125. The van der Waals surface area contributed by atoms with E-state index in [4.69, 9.17) is 0 Å². The molecule has 1 aliphatic heterocycles. The van der Waals surface area contributed by atoms with Gasteiger partial charge in [0.05, 0.1) is 12.7 Å². The first-order valence-electron chi connectivity index (χ1n) is 10.4. The summed E-state index contributed by atoms with van der Waals surface area (Å²) in [5, 5.41) is 7.11. The lowest BCUT2D eigenvalue weighted by Gasteiger charge is -2.29. The quantitative estimate of drug-likeness (QED) is 0.626. The Kier molecular flexibility index (Phi) is 6.27. The Bertz CT molecular complexity index is 1110. The van der Waals surface area contributed by atoms with Crippen LogP contribution in [0.15, 0.2) is 49.1 Å². The Morgan fingerprint density at radius 1 is 1.19 bits per heavy atom. The molecule has 0 aliphatic carbocycles. The van der Waals surface area contributed by atoms with E-state index in [1.165, 1.54) is 4.90 Å². The summed E-state index contributed by atoms with van der Waals surface area (Å²) in [5.41, 5.74) is 5.45. The number of anilines is 1. The molecular weight excluding hydrogens is 419 g/mol. The molecular formula is C23H24F3N5O. The Balaban J connectivity index is 1.36. The van der Waals surface area contributed by atoms with Crippen molar-refractivity contribution in [1.29, 1.82) is 0 Å². The van der Waals surface area contributed by atoms with E-state index in [1.807, 2.05) is 25.4 Å². The number of carbonyl (C=O) groups is 1. The molecule has 168 valence electrons. The van der Waals surface area contributed by atoms with Gasteiger partial charge in [0, 0.05) is 56.4 Å². The second kappa shape index (κ2) is 9.12. The topological polar surface area (TPSA) is 63.1 Å². The number of rotatable bonds is 6. The molecule has 9 heteroatoms. The predicted octanol–water partition coefficient (Wildman–Crippen LogP) is 3.97. The summed E-state index contributed by atoms with van der Waals surface area (Å²) in [4.78, 5) is 18.1. The molecule has 0 spiro atoms. The number of nitrogens with one attached hydrogen (secondary N) is 1. The van der Waals surface area contributed by atoms with E-state index < -0.39 is 12.7 Å². The molecule has 1 N–H and O–H groups in total. The molecule has 1 aromatic carbocycles. The molecule has 0 saturated heterocycles. The van der Waals surface area contributed by atoms with Crippen LogP contribution in [0.1, 0.15) is 23.1 Å². The average molecular weight is 443 g/mol. The first-order valence-corrected chi connectivity index (χ1v) is 10.4. The molecule has 0 bridgehead atoms. The van der Waals surface area contributed by atoms with E-state index in [2.05, 4.69) is 15.4 Å². The van der Waals surface area contributed by atoms with E-state index in [-0.39, 0.29) is 18.9 Å². The van der Waals surface area contributed by atoms with Gasteiger partial charge in [-0.15, -0.1) is 0 Å². The number of aryl methyl sites for hydroxylation is 2. The zero-order valence-electron chi connectivity index (χ0n) is 17.7. The van der Waals surface area contributed by atoms with Crippen molar-refractivity contribution in [3.8, 4) is 11.1 Å². The number of alkyl halides is 3. The highest BCUT2D eigenvalue weighted by atomic mass is 19.4. The van der Waals surface area contributed by atoms with E-state index in [9.17, 15) is 18.0 Å². The van der Waals surface area contributed by atoms with Crippen LogP contribution >= 0.6 is 0 Å². The molecule has 0 unspecified atom stereocenters. The lowest BCUT2D eigenvalue weighted by Crippen LogP contribution is -2.38. The van der Waals surface area contributed by atoms with Gasteiger partial charge >= 0.3 is 6.18 Å². The number of amides is 1. The highest BCUT2D eigenvalue weighted by Crippen LogP contribution is 2.26. The molecule has 0 radical (unpaired) electrons. The molecule has 3 aromatic rings. The summed E-state index contributed by atoms with van der Waals surface area (Å²) in [6.45, 7) is -0.288. The van der Waals surface area contributed by atoms with E-state index >= 15 is 0 Å². The van der Waals surface area contributed by atoms with Crippen molar-refractivity contribution in [2.75, 3.05) is 18.4 Å². The predicted molar refractivity (Wildman–Crippen MR) is 115 cm³/mol. The Morgan fingerprint density at radius 2 is 2.03 bits per heavy atom. The molecule has 0 atom stereocenters. The van der Waals surface area contributed by atoms with Crippen molar-refractivity contribution >= 4 is 11.6 Å². The van der Waals surface area contributed by atoms with Gasteiger partial charge in [0.2, 0.25) is 5.91 Å². The molecule has 32 heavy (non-hydrogen) atoms. The third kappa shape index (κ3) is 5.53. The van der Waals surface area contributed by atoms with Crippen LogP contribution in [0.2, 0.25) is 0 Å². The van der Waals surface area contributed by atoms with Crippen molar-refractivity contribution in [2.24, 2.45) is 7.05 Å². The smallest absolute Gasteiger partial charge is 0.326 e. The fourth-order valence-electron chi connectivity index (χ4n) is 4.02. The minimum atomic E-state index is -4.20. The summed E-state index contributed by atoms with van der Waals surface area (Å²) < 4.78 is 39.7. The van der Waals surface area contributed by atoms with Gasteiger partial charge in [-0.25, -0.2) is 0 Å². The molecule has 4 rings (SSSR count). The number of nitrogens with zero attached hydrogens (tertiary/aromatic N) is 4. The highest BCUT2D eigenvalue weighted by Gasteiger charge is 2.32. The van der Waals surface area contributed by atoms with Crippen LogP contribution in [-0.4, -0.2) is 44.8 Å². The first-order chi connectivity index (χ1) is 15.3. The van der Waals surface area contributed by atoms with Crippen LogP contribution in [0.3, 0.4) is 0 Å². The Morgan fingerprint density at radius 3 is 2.78 bits per heavy atom. The maximum Gasteiger partial charge on any atom is 0.401 e. The van der Waals surface area contributed by atoms with E-state index in [1.54, 1.807) is 35.4 Å². The number of aromatic nitrogens is 3. The molecule has 3 heterocycles. The second-order valence-electron chi connectivity index (χ2n) is 8.04. The SMILES string of the molecule is Cn1cc(-c2ccncc2CCC(=O)Nc2ccc3c(c2)CCN(CC(F)(F)F)C3)cn1. The van der Waals surface area contributed by atoms with Gasteiger partial charge in [0.15, 0.2) is 0 Å². The van der Waals surface area contributed by atoms with Crippen LogP contribution in [0.4, 0.5) is 18.9 Å². The van der Waals surface area contributed by atoms with Crippen LogP contribution in [0, 0.1) is 0 Å². The van der Waals surface area contributed by atoms with Crippen molar-refractivity contribution in [3.63, 3.8) is 0 Å². The van der Waals surface area contributed by atoms with Crippen LogP contribution in [-0.2, 0) is 31.2 Å². The fraction of sp³-hybridized carbons (Fsp3) is 0.348. The molecule has 1 amide bonds. The molecule has 6 nitrogen and oxygen atoms in total. The Labute approximate surface area is 184 Å². The number of carbonyl (C=O) groups excluding carboxylic acids is 1. The van der Waals surface area contributed by atoms with Crippen molar-refractivity contribution in [2.45, 2.75) is 32.0 Å². The largest absolute Gasteiger partial charge is 0.401 e. The van der Waals surface area contributed by atoms with Crippen LogP contribution < -0.4 is 5.32 Å². The third-order valence-corrected chi connectivity index (χ3v) is 5.53. The van der Waals surface area contributed by atoms with Crippen LogP contribution in [0.25, 0.3) is 11.1 Å². The summed E-state index contributed by atoms with van der Waals surface area (Å²) >= 11 is 0. The molecule has 0 saturated carbocycles. The van der Waals surface area contributed by atoms with Crippen molar-refractivity contribution < 1.29 is 18.0 Å². The van der Waals surface area contributed by atoms with E-state index in [0.717, 1.165) is 27.8 Å². The van der Waals surface area contributed by atoms with E-state index in [0.29, 0.717) is 25.1 Å². The summed E-state index contributed by atoms with van der Waals surface area (Å²) in [5.74, 6) is -0.125. The number of pyridine rings is 1. The molecule has 1 aliphatic rings. The maximum atomic E-state index is 12.6. The minimum Gasteiger partial charge on any atom is -0.326 e. The van der Waals surface area contributed by atoms with Gasteiger partial charge in [0.25, 0.3) is 0 Å². The normalized spacial score (nSPS) is 14.2. The summed E-state index contributed by atoms with van der Waals surface area (Å²) in [7, 11) is 1.85. The van der Waals surface area contributed by atoms with Crippen molar-refractivity contribution in [3.05, 3.63) is 65.7 Å². The number of fused-ring (bicyclic) bond motifs is 1. The lowest BCUT2D eigenvalue weighted by molar-refractivity contribution is -0.147. The number of halogens is 3. The summed E-state index contributed by atoms with van der Waals surface area (Å²) in [6, 6.07) is 7.33. The lowest BCUT2D eigenvalue weighted by atomic mass is 9.98. The number of hydrogen-bond acceptors (Lipinski definition) is 4. The monoisotopic (exact) mass is 443 g/mol. The maximum absolute atomic E-state index is 12.6. The van der Waals surface area contributed by atoms with Gasteiger partial charge in [-0.1, -0.05) is 6.07 Å². The molecule has 0 fully saturated rings. The fourth-order valence-corrected chi connectivity index (χ4v) is 4.02. The van der Waals surface area contributed by atoms with Gasteiger partial charge in [-0.3, -0.25) is 19.4 Å². The Hall–Kier alpha value is -3.20. The second-order valence-corrected chi connectivity index (χ2v) is 8.04. The van der Waals surface area contributed by atoms with Crippen molar-refractivity contribution in [1.82, 2.24) is 19.7 Å². The number of hydrogen-bond donors (Lipinski definition) is 1. The van der Waals surface area contributed by atoms with Gasteiger partial charge in [-0.2, -0.15) is 18.3 Å². The van der Waals surface area contributed by atoms with Gasteiger partial charge in [-0.05, 0) is 53.3 Å². The van der Waals surface area contributed by atoms with Crippen LogP contribution in [0.5, 0.6) is 0 Å². The zero-order chi connectivity index (χ0) is 22.7. The van der Waals surface area contributed by atoms with Gasteiger partial charge in [0.1, 0.15) is 0 Å². The zero-order valence-corrected chi connectivity index (χ0v) is 17.7. The third-order valence-electron chi connectivity index (χ3n) is 5.53. The first kappa shape index (κ1) is 22.0.